The van der Waals surface area contributed by atoms with Crippen molar-refractivity contribution in [1.29, 1.82) is 0 Å². The number of nitrogens with zero attached hydrogens (tertiary/aromatic N) is 3. The fourth-order valence-electron chi connectivity index (χ4n) is 1.27. The SMILES string of the molecule is Nc1n[nH]c(C(=O)NCCc2nc(C(=O)O)cs2)n1. The molecule has 10 heteroatoms. The minimum Gasteiger partial charge on any atom is -0.476 e. The summed E-state index contributed by atoms with van der Waals surface area (Å²) in [5, 5.41) is 19.3. The lowest BCUT2D eigenvalue weighted by Gasteiger charge is -2.00. The molecule has 2 aromatic heterocycles. The Bertz CT molecular complexity index is 607. The standard InChI is InChI=1S/C9H10N6O3S/c10-9-13-6(14-15-9)7(16)11-2-1-5-12-4(3-19-5)8(17)18/h3H,1-2H2,(H,11,16)(H,17,18)(H3,10,13,14,15). The topological polar surface area (TPSA) is 147 Å². The number of rotatable bonds is 5. The Balaban J connectivity index is 1.83. The number of hydrogen-bond acceptors (Lipinski definition) is 7. The predicted molar refractivity (Wildman–Crippen MR) is 65.9 cm³/mol. The number of anilines is 1. The van der Waals surface area contributed by atoms with Gasteiger partial charge >= 0.3 is 5.97 Å². The molecular weight excluding hydrogens is 272 g/mol. The monoisotopic (exact) mass is 282 g/mol. The van der Waals surface area contributed by atoms with Crippen molar-refractivity contribution in [2.45, 2.75) is 6.42 Å². The zero-order valence-electron chi connectivity index (χ0n) is 9.58. The lowest BCUT2D eigenvalue weighted by atomic mass is 10.4. The van der Waals surface area contributed by atoms with Crippen LogP contribution in [0.4, 0.5) is 5.95 Å². The normalized spacial score (nSPS) is 10.3. The molecule has 2 rings (SSSR count). The van der Waals surface area contributed by atoms with E-state index in [9.17, 15) is 9.59 Å². The summed E-state index contributed by atoms with van der Waals surface area (Å²) in [5.41, 5.74) is 5.28. The second kappa shape index (κ2) is 5.44. The van der Waals surface area contributed by atoms with Crippen molar-refractivity contribution in [2.75, 3.05) is 12.3 Å². The molecule has 0 bridgehead atoms. The summed E-state index contributed by atoms with van der Waals surface area (Å²) in [5.74, 6) is -1.47. The maximum atomic E-state index is 11.6. The van der Waals surface area contributed by atoms with Gasteiger partial charge in [-0.05, 0) is 0 Å². The van der Waals surface area contributed by atoms with E-state index in [1.807, 2.05) is 0 Å². The zero-order valence-corrected chi connectivity index (χ0v) is 10.4. The summed E-state index contributed by atoms with van der Waals surface area (Å²) in [6.45, 7) is 0.312. The van der Waals surface area contributed by atoms with Crippen molar-refractivity contribution < 1.29 is 14.7 Å². The lowest BCUT2D eigenvalue weighted by Crippen LogP contribution is -2.26. The molecule has 2 heterocycles. The van der Waals surface area contributed by atoms with Crippen LogP contribution in [0.25, 0.3) is 0 Å². The Morgan fingerprint density at radius 1 is 1.47 bits per heavy atom. The number of carboxylic acid groups (broad SMARTS) is 1. The number of aromatic nitrogens is 4. The first-order chi connectivity index (χ1) is 9.06. The fourth-order valence-corrected chi connectivity index (χ4v) is 2.04. The second-order valence-corrected chi connectivity index (χ2v) is 4.42. The summed E-state index contributed by atoms with van der Waals surface area (Å²) < 4.78 is 0. The lowest BCUT2D eigenvalue weighted by molar-refractivity contribution is 0.0690. The third kappa shape index (κ3) is 3.25. The van der Waals surface area contributed by atoms with Gasteiger partial charge in [0.15, 0.2) is 5.69 Å². The number of nitrogen functional groups attached to an aromatic ring is 1. The van der Waals surface area contributed by atoms with Crippen molar-refractivity contribution in [2.24, 2.45) is 0 Å². The Hall–Kier alpha value is -2.49. The second-order valence-electron chi connectivity index (χ2n) is 3.48. The number of aromatic carboxylic acids is 1. The van der Waals surface area contributed by atoms with Gasteiger partial charge in [-0.25, -0.2) is 9.78 Å². The molecule has 1 amide bonds. The molecule has 0 unspecified atom stereocenters. The minimum absolute atomic E-state index is 0.00354. The highest BCUT2D eigenvalue weighted by Crippen LogP contribution is 2.09. The van der Waals surface area contributed by atoms with E-state index in [0.29, 0.717) is 18.0 Å². The summed E-state index contributed by atoms with van der Waals surface area (Å²) in [6.07, 6.45) is 0.438. The number of thiazole rings is 1. The number of nitrogens with two attached hydrogens (primary N) is 1. The van der Waals surface area contributed by atoms with Crippen LogP contribution in [0, 0.1) is 0 Å². The fraction of sp³-hybridized carbons (Fsp3) is 0.222. The van der Waals surface area contributed by atoms with Crippen LogP contribution in [0.3, 0.4) is 0 Å². The van der Waals surface area contributed by atoms with E-state index in [0.717, 1.165) is 0 Å². The van der Waals surface area contributed by atoms with Gasteiger partial charge in [-0.15, -0.1) is 16.4 Å². The Morgan fingerprint density at radius 2 is 2.26 bits per heavy atom. The van der Waals surface area contributed by atoms with Crippen molar-refractivity contribution in [3.63, 3.8) is 0 Å². The molecular formula is C9H10N6O3S. The third-order valence-corrected chi connectivity index (χ3v) is 3.02. The summed E-state index contributed by atoms with van der Waals surface area (Å²) in [4.78, 5) is 29.7. The van der Waals surface area contributed by atoms with Gasteiger partial charge in [0.25, 0.3) is 5.91 Å². The summed E-state index contributed by atoms with van der Waals surface area (Å²) in [6, 6.07) is 0. The van der Waals surface area contributed by atoms with Crippen LogP contribution in [0.2, 0.25) is 0 Å². The van der Waals surface area contributed by atoms with Crippen molar-refractivity contribution in [3.8, 4) is 0 Å². The van der Waals surface area contributed by atoms with Gasteiger partial charge in [-0.2, -0.15) is 4.98 Å². The van der Waals surface area contributed by atoms with E-state index in [4.69, 9.17) is 10.8 Å². The minimum atomic E-state index is -1.07. The molecule has 0 atom stereocenters. The first kappa shape index (κ1) is 13.0. The quantitative estimate of drug-likeness (QED) is 0.578. The van der Waals surface area contributed by atoms with Gasteiger partial charge in [0.05, 0.1) is 5.01 Å². The van der Waals surface area contributed by atoms with Gasteiger partial charge in [-0.1, -0.05) is 0 Å². The number of hydrogen-bond donors (Lipinski definition) is 4. The molecule has 2 aromatic rings. The highest BCUT2D eigenvalue weighted by molar-refractivity contribution is 7.09. The number of aromatic amines is 1. The van der Waals surface area contributed by atoms with Gasteiger partial charge in [0, 0.05) is 18.3 Å². The van der Waals surface area contributed by atoms with E-state index in [1.54, 1.807) is 0 Å². The molecule has 5 N–H and O–H groups in total. The average molecular weight is 282 g/mol. The molecule has 0 fully saturated rings. The number of carbonyl (C=O) groups is 2. The smallest absolute Gasteiger partial charge is 0.355 e. The Labute approximate surface area is 110 Å². The van der Waals surface area contributed by atoms with Crippen molar-refractivity contribution in [3.05, 3.63) is 21.9 Å². The first-order valence-corrected chi connectivity index (χ1v) is 6.08. The zero-order chi connectivity index (χ0) is 13.8. The van der Waals surface area contributed by atoms with Crippen molar-refractivity contribution in [1.82, 2.24) is 25.5 Å². The van der Waals surface area contributed by atoms with Crippen LogP contribution in [0.15, 0.2) is 5.38 Å². The molecule has 0 aliphatic carbocycles. The van der Waals surface area contributed by atoms with Crippen LogP contribution in [-0.4, -0.2) is 43.7 Å². The molecule has 0 saturated carbocycles. The molecule has 19 heavy (non-hydrogen) atoms. The van der Waals surface area contributed by atoms with Crippen LogP contribution in [-0.2, 0) is 6.42 Å². The highest BCUT2D eigenvalue weighted by Gasteiger charge is 2.11. The largest absolute Gasteiger partial charge is 0.476 e. The molecule has 0 radical (unpaired) electrons. The highest BCUT2D eigenvalue weighted by atomic mass is 32.1. The van der Waals surface area contributed by atoms with E-state index in [1.165, 1.54) is 16.7 Å². The molecule has 9 nitrogen and oxygen atoms in total. The van der Waals surface area contributed by atoms with E-state index >= 15 is 0 Å². The average Bonchev–Trinajstić information content (AvgIpc) is 2.98. The van der Waals surface area contributed by atoms with Gasteiger partial charge in [0.1, 0.15) is 0 Å². The van der Waals surface area contributed by atoms with Crippen LogP contribution < -0.4 is 11.1 Å². The predicted octanol–water partition coefficient (Wildman–Crippen LogP) is -0.486. The molecule has 0 aromatic carbocycles. The van der Waals surface area contributed by atoms with Gasteiger partial charge in [0.2, 0.25) is 11.8 Å². The first-order valence-electron chi connectivity index (χ1n) is 5.20. The van der Waals surface area contributed by atoms with E-state index in [-0.39, 0.29) is 17.5 Å². The van der Waals surface area contributed by atoms with E-state index in [2.05, 4.69) is 25.5 Å². The van der Waals surface area contributed by atoms with Gasteiger partial charge < -0.3 is 16.2 Å². The summed E-state index contributed by atoms with van der Waals surface area (Å²) >= 11 is 1.23. The van der Waals surface area contributed by atoms with Crippen LogP contribution in [0.5, 0.6) is 0 Å². The van der Waals surface area contributed by atoms with Crippen molar-refractivity contribution >= 4 is 29.2 Å². The summed E-state index contributed by atoms with van der Waals surface area (Å²) in [7, 11) is 0. The number of nitrogens with one attached hydrogen (secondary N) is 2. The molecule has 0 aliphatic rings. The molecule has 0 saturated heterocycles. The van der Waals surface area contributed by atoms with Crippen LogP contribution in [0.1, 0.15) is 26.1 Å². The molecule has 100 valence electrons. The van der Waals surface area contributed by atoms with Gasteiger partial charge in [-0.3, -0.25) is 9.89 Å². The third-order valence-electron chi connectivity index (χ3n) is 2.11. The number of carboxylic acids is 1. The Kier molecular flexibility index (Phi) is 3.71. The molecule has 0 aliphatic heterocycles. The maximum absolute atomic E-state index is 11.6. The number of carbonyl (C=O) groups excluding carboxylic acids is 1. The van der Waals surface area contributed by atoms with E-state index < -0.39 is 11.9 Å². The number of H-pyrrole nitrogens is 1. The Morgan fingerprint density at radius 3 is 2.84 bits per heavy atom. The number of amides is 1. The molecule has 0 spiro atoms. The maximum Gasteiger partial charge on any atom is 0.355 e. The van der Waals surface area contributed by atoms with Crippen LogP contribution >= 0.6 is 11.3 Å².